The zero-order valence-corrected chi connectivity index (χ0v) is 7.75. The minimum atomic E-state index is -0.0641. The van der Waals surface area contributed by atoms with E-state index in [0.717, 1.165) is 5.39 Å². The number of nitrogen functional groups attached to an aromatic ring is 1. The second-order valence-electron chi connectivity index (χ2n) is 2.96. The number of anilines is 1. The number of pyridine rings is 2. The van der Waals surface area contributed by atoms with E-state index < -0.39 is 0 Å². The Bertz CT molecular complexity index is 537. The Morgan fingerprint density at radius 1 is 1.47 bits per heavy atom. The summed E-state index contributed by atoms with van der Waals surface area (Å²) in [4.78, 5) is 8.07. The van der Waals surface area contributed by atoms with Gasteiger partial charge in [-0.1, -0.05) is 5.16 Å². The van der Waals surface area contributed by atoms with E-state index in [4.69, 9.17) is 16.7 Å². The summed E-state index contributed by atoms with van der Waals surface area (Å²) in [7, 11) is 0. The van der Waals surface area contributed by atoms with Crippen LogP contribution in [-0.4, -0.2) is 21.0 Å². The van der Waals surface area contributed by atoms with Gasteiger partial charge in [-0.25, -0.2) is 9.97 Å². The third kappa shape index (κ3) is 1.52. The fourth-order valence-electron chi connectivity index (χ4n) is 1.28. The number of aromatic nitrogens is 2. The summed E-state index contributed by atoms with van der Waals surface area (Å²) in [5, 5.41) is 12.2. The topological polar surface area (TPSA) is 110 Å². The van der Waals surface area contributed by atoms with Crippen LogP contribution in [0, 0.1) is 0 Å². The molecular weight excluding hydrogens is 194 g/mol. The highest BCUT2D eigenvalue weighted by Crippen LogP contribution is 2.15. The van der Waals surface area contributed by atoms with E-state index in [1.165, 1.54) is 0 Å². The van der Waals surface area contributed by atoms with Gasteiger partial charge >= 0.3 is 0 Å². The Morgan fingerprint density at radius 3 is 3.00 bits per heavy atom. The number of hydrogen-bond acceptors (Lipinski definition) is 5. The van der Waals surface area contributed by atoms with E-state index in [-0.39, 0.29) is 11.7 Å². The van der Waals surface area contributed by atoms with Crippen molar-refractivity contribution in [1.82, 2.24) is 9.97 Å². The predicted molar refractivity (Wildman–Crippen MR) is 56.5 cm³/mol. The average molecular weight is 203 g/mol. The van der Waals surface area contributed by atoms with E-state index in [2.05, 4.69) is 15.1 Å². The Labute approximate surface area is 85.2 Å². The van der Waals surface area contributed by atoms with Crippen LogP contribution in [0.1, 0.15) is 5.56 Å². The Balaban J connectivity index is 2.72. The molecule has 0 aromatic carbocycles. The average Bonchev–Trinajstić information content (AvgIpc) is 2.27. The van der Waals surface area contributed by atoms with Gasteiger partial charge in [0.15, 0.2) is 11.5 Å². The van der Waals surface area contributed by atoms with Crippen molar-refractivity contribution in [2.75, 3.05) is 5.73 Å². The fourth-order valence-corrected chi connectivity index (χ4v) is 1.28. The second-order valence-corrected chi connectivity index (χ2v) is 2.96. The third-order valence-electron chi connectivity index (χ3n) is 2.00. The lowest BCUT2D eigenvalue weighted by Crippen LogP contribution is -2.16. The van der Waals surface area contributed by atoms with Crippen LogP contribution in [0.25, 0.3) is 11.0 Å². The maximum Gasteiger partial charge on any atom is 0.173 e. The van der Waals surface area contributed by atoms with Crippen molar-refractivity contribution in [2.45, 2.75) is 0 Å². The number of hydrogen-bond donors (Lipinski definition) is 3. The molecule has 6 heteroatoms. The van der Waals surface area contributed by atoms with Crippen LogP contribution < -0.4 is 11.5 Å². The first kappa shape index (κ1) is 9.20. The highest BCUT2D eigenvalue weighted by atomic mass is 16.4. The standard InChI is InChI=1S/C9H9N5O/c10-7-6(8(11)14-15)4-5-2-1-3-12-9(5)13-7/h1-4,15H,(H2,11,14)(H2,10,12,13). The van der Waals surface area contributed by atoms with E-state index in [9.17, 15) is 0 Å². The van der Waals surface area contributed by atoms with Gasteiger partial charge in [-0.15, -0.1) is 0 Å². The van der Waals surface area contributed by atoms with Crippen LogP contribution in [-0.2, 0) is 0 Å². The van der Waals surface area contributed by atoms with E-state index >= 15 is 0 Å². The summed E-state index contributed by atoms with van der Waals surface area (Å²) >= 11 is 0. The van der Waals surface area contributed by atoms with Crippen molar-refractivity contribution in [3.05, 3.63) is 30.0 Å². The molecule has 76 valence electrons. The summed E-state index contributed by atoms with van der Waals surface area (Å²) in [6.45, 7) is 0. The summed E-state index contributed by atoms with van der Waals surface area (Å²) in [6, 6.07) is 5.28. The molecule has 0 unspecified atom stereocenters. The predicted octanol–water partition coefficient (Wildman–Crippen LogP) is 0.306. The maximum absolute atomic E-state index is 8.55. The zero-order valence-electron chi connectivity index (χ0n) is 7.75. The first-order valence-corrected chi connectivity index (χ1v) is 4.21. The normalized spacial score (nSPS) is 11.9. The van der Waals surface area contributed by atoms with Gasteiger partial charge in [0.05, 0.1) is 5.56 Å². The molecule has 0 aliphatic rings. The first-order chi connectivity index (χ1) is 7.22. The Morgan fingerprint density at radius 2 is 2.27 bits per heavy atom. The lowest BCUT2D eigenvalue weighted by atomic mass is 10.2. The molecule has 0 amide bonds. The number of nitrogens with zero attached hydrogens (tertiary/aromatic N) is 3. The van der Waals surface area contributed by atoms with Gasteiger partial charge in [-0.05, 0) is 18.2 Å². The van der Waals surface area contributed by atoms with Gasteiger partial charge in [-0.2, -0.15) is 0 Å². The Kier molecular flexibility index (Phi) is 2.09. The molecule has 6 nitrogen and oxygen atoms in total. The summed E-state index contributed by atoms with van der Waals surface area (Å²) in [5.41, 5.74) is 12.0. The largest absolute Gasteiger partial charge is 0.409 e. The number of amidine groups is 1. The molecule has 0 aliphatic carbocycles. The van der Waals surface area contributed by atoms with Gasteiger partial charge in [0.25, 0.3) is 0 Å². The zero-order chi connectivity index (χ0) is 10.8. The molecule has 5 N–H and O–H groups in total. The lowest BCUT2D eigenvalue weighted by Gasteiger charge is -2.04. The molecule has 2 aromatic heterocycles. The summed E-state index contributed by atoms with van der Waals surface area (Å²) in [6.07, 6.45) is 1.62. The molecule has 2 rings (SSSR count). The van der Waals surface area contributed by atoms with E-state index in [0.29, 0.717) is 11.2 Å². The van der Waals surface area contributed by atoms with Gasteiger partial charge in [0.1, 0.15) is 5.82 Å². The number of fused-ring (bicyclic) bond motifs is 1. The molecule has 15 heavy (non-hydrogen) atoms. The molecule has 0 radical (unpaired) electrons. The number of nitrogens with two attached hydrogens (primary N) is 2. The molecule has 2 aromatic rings. The van der Waals surface area contributed by atoms with Gasteiger partial charge in [0, 0.05) is 11.6 Å². The third-order valence-corrected chi connectivity index (χ3v) is 2.00. The van der Waals surface area contributed by atoms with Crippen LogP contribution >= 0.6 is 0 Å². The second kappa shape index (κ2) is 3.41. The molecule has 0 saturated heterocycles. The summed E-state index contributed by atoms with van der Waals surface area (Å²) in [5.74, 6) is 0.127. The van der Waals surface area contributed by atoms with E-state index in [1.54, 1.807) is 18.3 Å². The first-order valence-electron chi connectivity index (χ1n) is 4.21. The maximum atomic E-state index is 8.55. The SMILES string of the molecule is NC(=NO)c1cc2cccnc2nc1N. The monoisotopic (exact) mass is 203 g/mol. The Hall–Kier alpha value is -2.37. The van der Waals surface area contributed by atoms with Crippen molar-refractivity contribution in [3.8, 4) is 0 Å². The van der Waals surface area contributed by atoms with Crippen LogP contribution in [0.15, 0.2) is 29.6 Å². The van der Waals surface area contributed by atoms with Crippen LogP contribution in [0.3, 0.4) is 0 Å². The molecule has 0 saturated carbocycles. The van der Waals surface area contributed by atoms with Crippen LogP contribution in [0.5, 0.6) is 0 Å². The molecule has 2 heterocycles. The number of rotatable bonds is 1. The minimum Gasteiger partial charge on any atom is -0.409 e. The van der Waals surface area contributed by atoms with Crippen LogP contribution in [0.2, 0.25) is 0 Å². The number of oxime groups is 1. The minimum absolute atomic E-state index is 0.0641. The van der Waals surface area contributed by atoms with Crippen molar-refractivity contribution < 1.29 is 5.21 Å². The fraction of sp³-hybridized carbons (Fsp3) is 0. The quantitative estimate of drug-likeness (QED) is 0.267. The van der Waals surface area contributed by atoms with Crippen molar-refractivity contribution in [1.29, 1.82) is 0 Å². The molecular formula is C9H9N5O. The van der Waals surface area contributed by atoms with Gasteiger partial charge in [-0.3, -0.25) is 0 Å². The lowest BCUT2D eigenvalue weighted by molar-refractivity contribution is 0.318. The van der Waals surface area contributed by atoms with Crippen LogP contribution in [0.4, 0.5) is 5.82 Å². The van der Waals surface area contributed by atoms with E-state index in [1.807, 2.05) is 6.07 Å². The van der Waals surface area contributed by atoms with Gasteiger partial charge < -0.3 is 16.7 Å². The van der Waals surface area contributed by atoms with Crippen molar-refractivity contribution in [2.24, 2.45) is 10.9 Å². The highest BCUT2D eigenvalue weighted by molar-refractivity contribution is 6.03. The van der Waals surface area contributed by atoms with Gasteiger partial charge in [0.2, 0.25) is 0 Å². The molecule has 0 atom stereocenters. The van der Waals surface area contributed by atoms with Crippen molar-refractivity contribution in [3.63, 3.8) is 0 Å². The summed E-state index contributed by atoms with van der Waals surface area (Å²) < 4.78 is 0. The molecule has 0 aliphatic heterocycles. The molecule has 0 spiro atoms. The molecule has 0 fully saturated rings. The smallest absolute Gasteiger partial charge is 0.173 e. The highest BCUT2D eigenvalue weighted by Gasteiger charge is 2.08. The molecule has 0 bridgehead atoms. The van der Waals surface area contributed by atoms with Crippen molar-refractivity contribution >= 4 is 22.7 Å².